The number of carbonyl (C=O) groups excluding carboxylic acids is 2. The van der Waals surface area contributed by atoms with Crippen LogP contribution in [-0.2, 0) is 11.0 Å². The van der Waals surface area contributed by atoms with E-state index in [1.165, 1.54) is 25.1 Å². The fraction of sp³-hybridized carbons (Fsp3) is 0.125. The molecule has 2 N–H and O–H groups in total. The highest BCUT2D eigenvalue weighted by Gasteiger charge is 2.34. The summed E-state index contributed by atoms with van der Waals surface area (Å²) >= 11 is 3.21. The van der Waals surface area contributed by atoms with Crippen LogP contribution >= 0.6 is 15.9 Å². The van der Waals surface area contributed by atoms with Crippen LogP contribution in [0.25, 0.3) is 0 Å². The standard InChI is InChI=1S/C16H12BrF3N2O2/c1-9(23)21-12-6-7-14(13(8-12)16(18,19)20)22-15(24)10-2-4-11(17)5-3-10/h2-8H,1H3,(H,21,23)(H,22,24). The molecule has 0 aliphatic rings. The first kappa shape index (κ1) is 18.0. The van der Waals surface area contributed by atoms with Gasteiger partial charge < -0.3 is 10.6 Å². The van der Waals surface area contributed by atoms with E-state index >= 15 is 0 Å². The summed E-state index contributed by atoms with van der Waals surface area (Å²) in [5.74, 6) is -1.16. The van der Waals surface area contributed by atoms with Gasteiger partial charge in [-0.25, -0.2) is 0 Å². The number of hydrogen-bond acceptors (Lipinski definition) is 2. The minimum absolute atomic E-state index is 0.00327. The molecule has 0 atom stereocenters. The van der Waals surface area contributed by atoms with E-state index in [9.17, 15) is 22.8 Å². The zero-order valence-corrected chi connectivity index (χ0v) is 14.0. The highest BCUT2D eigenvalue weighted by Crippen LogP contribution is 2.36. The van der Waals surface area contributed by atoms with Gasteiger partial charge in [0.1, 0.15) is 0 Å². The summed E-state index contributed by atoms with van der Waals surface area (Å²) in [6.45, 7) is 1.19. The van der Waals surface area contributed by atoms with E-state index in [1.807, 2.05) is 0 Å². The first-order valence-corrected chi connectivity index (χ1v) is 7.52. The molecule has 0 spiro atoms. The van der Waals surface area contributed by atoms with E-state index in [-0.39, 0.29) is 16.9 Å². The Hall–Kier alpha value is -2.35. The van der Waals surface area contributed by atoms with Gasteiger partial charge >= 0.3 is 6.18 Å². The predicted molar refractivity (Wildman–Crippen MR) is 87.8 cm³/mol. The molecule has 0 saturated carbocycles. The lowest BCUT2D eigenvalue weighted by molar-refractivity contribution is -0.137. The lowest BCUT2D eigenvalue weighted by atomic mass is 10.1. The molecule has 0 aliphatic heterocycles. The number of benzene rings is 2. The van der Waals surface area contributed by atoms with Gasteiger partial charge in [0.25, 0.3) is 5.91 Å². The van der Waals surface area contributed by atoms with E-state index < -0.39 is 23.6 Å². The van der Waals surface area contributed by atoms with Crippen LogP contribution in [0.15, 0.2) is 46.9 Å². The summed E-state index contributed by atoms with van der Waals surface area (Å²) in [4.78, 5) is 23.1. The van der Waals surface area contributed by atoms with E-state index in [1.54, 1.807) is 12.1 Å². The van der Waals surface area contributed by atoms with Crippen molar-refractivity contribution in [2.45, 2.75) is 13.1 Å². The second-order valence-corrected chi connectivity index (χ2v) is 5.82. The predicted octanol–water partition coefficient (Wildman–Crippen LogP) is 4.68. The van der Waals surface area contributed by atoms with Crippen molar-refractivity contribution in [3.63, 3.8) is 0 Å². The number of nitrogens with one attached hydrogen (secondary N) is 2. The zero-order valence-electron chi connectivity index (χ0n) is 12.4. The van der Waals surface area contributed by atoms with Crippen molar-refractivity contribution in [2.75, 3.05) is 10.6 Å². The summed E-state index contributed by atoms with van der Waals surface area (Å²) in [5, 5.41) is 4.53. The van der Waals surface area contributed by atoms with E-state index in [2.05, 4.69) is 26.6 Å². The zero-order chi connectivity index (χ0) is 17.9. The molecule has 0 saturated heterocycles. The summed E-state index contributed by atoms with van der Waals surface area (Å²) in [6, 6.07) is 9.35. The van der Waals surface area contributed by atoms with Gasteiger partial charge in [0.2, 0.25) is 5.91 Å². The van der Waals surface area contributed by atoms with Gasteiger partial charge in [-0.3, -0.25) is 9.59 Å². The number of hydrogen-bond donors (Lipinski definition) is 2. The molecule has 2 aromatic carbocycles. The van der Waals surface area contributed by atoms with Crippen LogP contribution in [0.5, 0.6) is 0 Å². The van der Waals surface area contributed by atoms with Crippen molar-refractivity contribution in [1.82, 2.24) is 0 Å². The van der Waals surface area contributed by atoms with Crippen LogP contribution < -0.4 is 10.6 Å². The third-order valence-electron chi connectivity index (χ3n) is 3.00. The quantitative estimate of drug-likeness (QED) is 0.785. The van der Waals surface area contributed by atoms with Gasteiger partial charge in [-0.2, -0.15) is 13.2 Å². The first-order valence-electron chi connectivity index (χ1n) is 6.72. The van der Waals surface area contributed by atoms with E-state index in [0.717, 1.165) is 16.6 Å². The molecule has 0 heterocycles. The number of anilines is 2. The monoisotopic (exact) mass is 400 g/mol. The van der Waals surface area contributed by atoms with Gasteiger partial charge in [0.05, 0.1) is 11.3 Å². The average molecular weight is 401 g/mol. The van der Waals surface area contributed by atoms with Crippen molar-refractivity contribution < 1.29 is 22.8 Å². The smallest absolute Gasteiger partial charge is 0.326 e. The fourth-order valence-electron chi connectivity index (χ4n) is 1.96. The van der Waals surface area contributed by atoms with Crippen molar-refractivity contribution in [3.8, 4) is 0 Å². The third-order valence-corrected chi connectivity index (χ3v) is 3.53. The van der Waals surface area contributed by atoms with E-state index in [4.69, 9.17) is 0 Å². The van der Waals surface area contributed by atoms with Crippen molar-refractivity contribution in [3.05, 3.63) is 58.1 Å². The van der Waals surface area contributed by atoms with Gasteiger partial charge in [-0.1, -0.05) is 15.9 Å². The Labute approximate surface area is 144 Å². The summed E-state index contributed by atoms with van der Waals surface area (Å²) in [7, 11) is 0. The molecular weight excluding hydrogens is 389 g/mol. The number of amides is 2. The number of carbonyl (C=O) groups is 2. The molecule has 24 heavy (non-hydrogen) atoms. The van der Waals surface area contributed by atoms with Crippen molar-refractivity contribution >= 4 is 39.1 Å². The Morgan fingerprint density at radius 1 is 1.00 bits per heavy atom. The van der Waals surface area contributed by atoms with Gasteiger partial charge in [-0.05, 0) is 42.5 Å². The maximum atomic E-state index is 13.2. The lowest BCUT2D eigenvalue weighted by Crippen LogP contribution is -2.17. The highest BCUT2D eigenvalue weighted by molar-refractivity contribution is 9.10. The Bertz CT molecular complexity index is 774. The van der Waals surface area contributed by atoms with Gasteiger partial charge in [0, 0.05) is 22.6 Å². The second kappa shape index (κ2) is 7.04. The third kappa shape index (κ3) is 4.58. The molecule has 126 valence electrons. The molecule has 8 heteroatoms. The van der Waals surface area contributed by atoms with Crippen molar-refractivity contribution in [2.24, 2.45) is 0 Å². The maximum absolute atomic E-state index is 13.2. The summed E-state index contributed by atoms with van der Waals surface area (Å²) < 4.78 is 40.3. The molecule has 4 nitrogen and oxygen atoms in total. The molecule has 0 bridgehead atoms. The topological polar surface area (TPSA) is 58.2 Å². The molecule has 2 aromatic rings. The Kier molecular flexibility index (Phi) is 5.28. The summed E-state index contributed by atoms with van der Waals surface area (Å²) in [6.07, 6.45) is -4.68. The van der Waals surface area contributed by atoms with Gasteiger partial charge in [0.15, 0.2) is 0 Å². The lowest BCUT2D eigenvalue weighted by Gasteiger charge is -2.15. The minimum atomic E-state index is -4.68. The average Bonchev–Trinajstić information content (AvgIpc) is 2.47. The minimum Gasteiger partial charge on any atom is -0.326 e. The first-order chi connectivity index (χ1) is 11.2. The van der Waals surface area contributed by atoms with Crippen LogP contribution in [0.1, 0.15) is 22.8 Å². The largest absolute Gasteiger partial charge is 0.418 e. The molecule has 2 amide bonds. The van der Waals surface area contributed by atoms with Crippen molar-refractivity contribution in [1.29, 1.82) is 0 Å². The molecule has 0 radical (unpaired) electrons. The van der Waals surface area contributed by atoms with Crippen LogP contribution in [0.2, 0.25) is 0 Å². The number of rotatable bonds is 3. The van der Waals surface area contributed by atoms with Crippen LogP contribution in [0.4, 0.5) is 24.5 Å². The molecule has 0 aromatic heterocycles. The maximum Gasteiger partial charge on any atom is 0.418 e. The highest BCUT2D eigenvalue weighted by atomic mass is 79.9. The van der Waals surface area contributed by atoms with Crippen LogP contribution in [0.3, 0.4) is 0 Å². The number of halogens is 4. The summed E-state index contributed by atoms with van der Waals surface area (Å²) in [5.41, 5.74) is -1.21. The Balaban J connectivity index is 2.33. The molecule has 0 aliphatic carbocycles. The number of alkyl halides is 3. The second-order valence-electron chi connectivity index (χ2n) is 4.90. The Morgan fingerprint density at radius 2 is 1.62 bits per heavy atom. The van der Waals surface area contributed by atoms with Crippen LogP contribution in [0, 0.1) is 0 Å². The molecule has 0 fully saturated rings. The molecule has 2 rings (SSSR count). The molecular formula is C16H12BrF3N2O2. The fourth-order valence-corrected chi connectivity index (χ4v) is 2.23. The van der Waals surface area contributed by atoms with E-state index in [0.29, 0.717) is 0 Å². The molecule has 0 unspecified atom stereocenters. The van der Waals surface area contributed by atoms with Gasteiger partial charge in [-0.15, -0.1) is 0 Å². The SMILES string of the molecule is CC(=O)Nc1ccc(NC(=O)c2ccc(Br)cc2)c(C(F)(F)F)c1. The van der Waals surface area contributed by atoms with Crippen LogP contribution in [-0.4, -0.2) is 11.8 Å². The Morgan fingerprint density at radius 3 is 2.17 bits per heavy atom. The normalized spacial score (nSPS) is 11.0.